The maximum atomic E-state index is 6.15. The van der Waals surface area contributed by atoms with Crippen LogP contribution in [0.1, 0.15) is 6.42 Å². The molecule has 3 rings (SSSR count). The van der Waals surface area contributed by atoms with Gasteiger partial charge in [-0.25, -0.2) is 0 Å². The van der Waals surface area contributed by atoms with Gasteiger partial charge in [0.2, 0.25) is 0 Å². The Bertz CT molecular complexity index is 595. The molecule has 19 heavy (non-hydrogen) atoms. The van der Waals surface area contributed by atoms with Gasteiger partial charge in [0.1, 0.15) is 11.5 Å². The van der Waals surface area contributed by atoms with Crippen molar-refractivity contribution in [3.63, 3.8) is 0 Å². The van der Waals surface area contributed by atoms with Gasteiger partial charge >= 0.3 is 0 Å². The van der Waals surface area contributed by atoms with Crippen LogP contribution in [0.4, 0.5) is 0 Å². The molecule has 100 valence electrons. The minimum absolute atomic E-state index is 0.142. The van der Waals surface area contributed by atoms with Crippen molar-refractivity contribution in [1.82, 2.24) is 0 Å². The van der Waals surface area contributed by atoms with Gasteiger partial charge in [-0.2, -0.15) is 0 Å². The van der Waals surface area contributed by atoms with E-state index in [1.807, 2.05) is 0 Å². The van der Waals surface area contributed by atoms with Crippen LogP contribution in [0.3, 0.4) is 0 Å². The Hall–Kier alpha value is 0.420. The van der Waals surface area contributed by atoms with Crippen molar-refractivity contribution in [1.29, 1.82) is 0 Å². The first-order valence-corrected chi connectivity index (χ1v) is 9.63. The zero-order valence-corrected chi connectivity index (χ0v) is 16.2. The van der Waals surface area contributed by atoms with Gasteiger partial charge in [0, 0.05) is 21.0 Å². The number of hydrogen-bond donors (Lipinski definition) is 0. The molecule has 0 aromatic rings. The van der Waals surface area contributed by atoms with E-state index in [1.165, 1.54) is 15.6 Å². The normalized spacial score (nSPS) is 28.8. The van der Waals surface area contributed by atoms with E-state index in [4.69, 9.17) is 4.74 Å². The summed E-state index contributed by atoms with van der Waals surface area (Å²) < 4.78 is 8.45. The van der Waals surface area contributed by atoms with Crippen LogP contribution in [-0.4, -0.2) is 10.7 Å². The summed E-state index contributed by atoms with van der Waals surface area (Å²) in [4.78, 5) is 0. The van der Waals surface area contributed by atoms with Gasteiger partial charge in [0.05, 0.1) is 10.7 Å². The molecule has 1 atom stereocenters. The van der Waals surface area contributed by atoms with Crippen LogP contribution in [0.25, 0.3) is 0 Å². The molecule has 0 aromatic carbocycles. The molecule has 0 saturated heterocycles. The van der Waals surface area contributed by atoms with Crippen molar-refractivity contribution >= 4 is 63.7 Å². The third-order valence-corrected chi connectivity index (χ3v) is 5.67. The van der Waals surface area contributed by atoms with E-state index in [0.717, 1.165) is 33.1 Å². The minimum Gasteiger partial charge on any atom is -0.463 e. The molecular weight excluding hydrogens is 504 g/mol. The van der Waals surface area contributed by atoms with Gasteiger partial charge in [-0.1, -0.05) is 75.9 Å². The van der Waals surface area contributed by atoms with Gasteiger partial charge in [-0.3, -0.25) is 0 Å². The van der Waals surface area contributed by atoms with Gasteiger partial charge in [0.15, 0.2) is 0 Å². The Kier molecular flexibility index (Phi) is 4.02. The lowest BCUT2D eigenvalue weighted by atomic mass is 9.71. The minimum atomic E-state index is -0.142. The molecule has 0 bridgehead atoms. The smallest absolute Gasteiger partial charge is 0.123 e. The van der Waals surface area contributed by atoms with Crippen molar-refractivity contribution in [3.05, 3.63) is 55.9 Å². The highest BCUT2D eigenvalue weighted by Crippen LogP contribution is 2.57. The van der Waals surface area contributed by atoms with Gasteiger partial charge in [-0.05, 0) is 23.1 Å². The molecule has 5 heteroatoms. The predicted octanol–water partition coefficient (Wildman–Crippen LogP) is 5.83. The second-order valence-corrected chi connectivity index (χ2v) is 7.72. The highest BCUT2D eigenvalue weighted by Gasteiger charge is 2.48. The van der Waals surface area contributed by atoms with E-state index in [1.54, 1.807) is 0 Å². The Morgan fingerprint density at radius 3 is 2.63 bits per heavy atom. The van der Waals surface area contributed by atoms with E-state index >= 15 is 0 Å². The molecule has 0 saturated carbocycles. The number of hydrogen-bond acceptors (Lipinski definition) is 1. The van der Waals surface area contributed by atoms with E-state index in [9.17, 15) is 0 Å². The fourth-order valence-electron chi connectivity index (χ4n) is 2.78. The Labute approximate surface area is 146 Å². The summed E-state index contributed by atoms with van der Waals surface area (Å²) in [6.07, 6.45) is 9.60. The second-order valence-electron chi connectivity index (χ2n) is 4.66. The van der Waals surface area contributed by atoms with Crippen molar-refractivity contribution in [2.24, 2.45) is 5.41 Å². The summed E-state index contributed by atoms with van der Waals surface area (Å²) in [5, 5.41) is 1.52. The zero-order chi connectivity index (χ0) is 13.6. The quantitative estimate of drug-likeness (QED) is 0.422. The summed E-state index contributed by atoms with van der Waals surface area (Å²) in [6.45, 7) is 0. The molecule has 0 fully saturated rings. The molecular formula is C14H10Br4O. The molecule has 1 nitrogen and oxygen atoms in total. The second kappa shape index (κ2) is 5.32. The largest absolute Gasteiger partial charge is 0.463 e. The molecule has 0 amide bonds. The van der Waals surface area contributed by atoms with Crippen LogP contribution in [0, 0.1) is 5.41 Å². The van der Waals surface area contributed by atoms with E-state index in [0.29, 0.717) is 0 Å². The SMILES string of the molecule is BrCC1=C2OC(CBr)=C3C=C(Br)C=CC32CC(Br)=C1. The first kappa shape index (κ1) is 14.4. The lowest BCUT2D eigenvalue weighted by Gasteiger charge is -2.33. The molecule has 2 aliphatic carbocycles. The van der Waals surface area contributed by atoms with E-state index < -0.39 is 0 Å². The predicted molar refractivity (Wildman–Crippen MR) is 92.9 cm³/mol. The zero-order valence-electron chi connectivity index (χ0n) is 9.85. The number of ether oxygens (including phenoxy) is 1. The van der Waals surface area contributed by atoms with Gasteiger partial charge in [0.25, 0.3) is 0 Å². The summed E-state index contributed by atoms with van der Waals surface area (Å²) >= 11 is 14.3. The summed E-state index contributed by atoms with van der Waals surface area (Å²) in [5.41, 5.74) is 2.30. The van der Waals surface area contributed by atoms with Crippen LogP contribution in [-0.2, 0) is 4.74 Å². The molecule has 3 aliphatic rings. The number of rotatable bonds is 2. The topological polar surface area (TPSA) is 9.23 Å². The standard InChI is InChI=1S/C14H10Br4O/c15-6-8-3-10(18)5-14-2-1-9(17)4-11(14)12(7-16)19-13(8)14/h1-4H,5-7H2. The Balaban J connectivity index is 2.22. The fourth-order valence-corrected chi connectivity index (χ4v) is 4.69. The van der Waals surface area contributed by atoms with Crippen LogP contribution in [0.15, 0.2) is 55.9 Å². The van der Waals surface area contributed by atoms with E-state index in [-0.39, 0.29) is 5.41 Å². The van der Waals surface area contributed by atoms with E-state index in [2.05, 4.69) is 88.0 Å². The third-order valence-electron chi connectivity index (χ3n) is 3.56. The van der Waals surface area contributed by atoms with Crippen LogP contribution in [0.2, 0.25) is 0 Å². The Morgan fingerprint density at radius 2 is 1.95 bits per heavy atom. The maximum Gasteiger partial charge on any atom is 0.123 e. The lowest BCUT2D eigenvalue weighted by molar-refractivity contribution is 0.279. The number of halogens is 4. The highest BCUT2D eigenvalue weighted by molar-refractivity contribution is 9.12. The average Bonchev–Trinajstić information content (AvgIpc) is 2.71. The lowest BCUT2D eigenvalue weighted by Crippen LogP contribution is -2.25. The van der Waals surface area contributed by atoms with Crippen LogP contribution >= 0.6 is 63.7 Å². The summed E-state index contributed by atoms with van der Waals surface area (Å²) in [6, 6.07) is 0. The molecule has 0 aromatic heterocycles. The van der Waals surface area contributed by atoms with Crippen LogP contribution < -0.4 is 0 Å². The first-order chi connectivity index (χ1) is 9.10. The van der Waals surface area contributed by atoms with Crippen molar-refractivity contribution in [2.75, 3.05) is 10.7 Å². The average molecular weight is 514 g/mol. The number of alkyl halides is 2. The monoisotopic (exact) mass is 510 g/mol. The number of allylic oxidation sites excluding steroid dienone is 8. The van der Waals surface area contributed by atoms with Gasteiger partial charge in [-0.15, -0.1) is 0 Å². The fraction of sp³-hybridized carbons (Fsp3) is 0.286. The summed E-state index contributed by atoms with van der Waals surface area (Å²) in [7, 11) is 0. The molecule has 1 aliphatic heterocycles. The van der Waals surface area contributed by atoms with Crippen molar-refractivity contribution < 1.29 is 4.74 Å². The molecule has 1 heterocycles. The van der Waals surface area contributed by atoms with Crippen LogP contribution in [0.5, 0.6) is 0 Å². The molecule has 0 radical (unpaired) electrons. The van der Waals surface area contributed by atoms with Crippen molar-refractivity contribution in [3.8, 4) is 0 Å². The Morgan fingerprint density at radius 1 is 1.16 bits per heavy atom. The first-order valence-electron chi connectivity index (χ1n) is 5.80. The summed E-state index contributed by atoms with van der Waals surface area (Å²) in [5.74, 6) is 2.06. The van der Waals surface area contributed by atoms with Gasteiger partial charge < -0.3 is 4.74 Å². The molecule has 1 spiro atoms. The maximum absolute atomic E-state index is 6.15. The van der Waals surface area contributed by atoms with Crippen molar-refractivity contribution in [2.45, 2.75) is 6.42 Å². The third kappa shape index (κ3) is 2.21. The molecule has 0 N–H and O–H groups in total. The molecule has 1 unspecified atom stereocenters. The highest BCUT2D eigenvalue weighted by atomic mass is 79.9.